The summed E-state index contributed by atoms with van der Waals surface area (Å²) in [7, 11) is 0. The van der Waals surface area contributed by atoms with Gasteiger partial charge in [-0.1, -0.05) is 25.0 Å². The standard InChI is InChI=1S/C29H32F3N5O/c30-29(31,32)21-8-6-7-20(19-21)26-16-15-25(33)27(35-26)37(24-9-2-3-10-24)28(38)34-22-11-13-23(14-12-22)36-17-4-1-5-18-36/h6-8,11-16,19,24H,1-5,9-10,17-18,33H2,(H,34,38). The largest absolute Gasteiger partial charge is 0.416 e. The monoisotopic (exact) mass is 523 g/mol. The molecule has 1 aromatic heterocycles. The highest BCUT2D eigenvalue weighted by Gasteiger charge is 2.32. The van der Waals surface area contributed by atoms with Crippen LogP contribution in [0.25, 0.3) is 11.3 Å². The van der Waals surface area contributed by atoms with Crippen molar-refractivity contribution >= 4 is 28.9 Å². The van der Waals surface area contributed by atoms with Crippen molar-refractivity contribution in [3.8, 4) is 11.3 Å². The molecule has 200 valence electrons. The van der Waals surface area contributed by atoms with Crippen molar-refractivity contribution in [1.82, 2.24) is 4.98 Å². The average molecular weight is 524 g/mol. The van der Waals surface area contributed by atoms with Crippen LogP contribution >= 0.6 is 0 Å². The average Bonchev–Trinajstić information content (AvgIpc) is 3.45. The molecular weight excluding hydrogens is 491 g/mol. The molecule has 1 aliphatic heterocycles. The van der Waals surface area contributed by atoms with Gasteiger partial charge in [-0.3, -0.25) is 4.90 Å². The number of rotatable bonds is 5. The van der Waals surface area contributed by atoms with Crippen molar-refractivity contribution in [3.63, 3.8) is 0 Å². The molecule has 2 fully saturated rings. The summed E-state index contributed by atoms with van der Waals surface area (Å²) < 4.78 is 39.9. The van der Waals surface area contributed by atoms with Gasteiger partial charge in [-0.2, -0.15) is 13.2 Å². The van der Waals surface area contributed by atoms with Gasteiger partial charge in [0.2, 0.25) is 0 Å². The summed E-state index contributed by atoms with van der Waals surface area (Å²) >= 11 is 0. The van der Waals surface area contributed by atoms with Crippen LogP contribution in [0.3, 0.4) is 0 Å². The van der Waals surface area contributed by atoms with Gasteiger partial charge in [0.1, 0.15) is 0 Å². The molecule has 2 aromatic carbocycles. The number of nitrogens with two attached hydrogens (primary N) is 1. The van der Waals surface area contributed by atoms with Crippen LogP contribution in [0.2, 0.25) is 0 Å². The number of aromatic nitrogens is 1. The number of urea groups is 1. The normalized spacial score (nSPS) is 16.4. The van der Waals surface area contributed by atoms with Crippen molar-refractivity contribution in [2.45, 2.75) is 57.2 Å². The van der Waals surface area contributed by atoms with Gasteiger partial charge in [-0.15, -0.1) is 0 Å². The minimum Gasteiger partial charge on any atom is -0.396 e. The fraction of sp³-hybridized carbons (Fsp3) is 0.379. The second kappa shape index (κ2) is 10.9. The highest BCUT2D eigenvalue weighted by molar-refractivity contribution is 6.03. The van der Waals surface area contributed by atoms with Gasteiger partial charge < -0.3 is 16.0 Å². The highest BCUT2D eigenvalue weighted by Crippen LogP contribution is 2.35. The van der Waals surface area contributed by atoms with Crippen LogP contribution in [0.5, 0.6) is 0 Å². The van der Waals surface area contributed by atoms with E-state index in [1.54, 1.807) is 23.1 Å². The molecule has 0 radical (unpaired) electrons. The molecule has 3 N–H and O–H groups in total. The fourth-order valence-electron chi connectivity index (χ4n) is 5.36. The summed E-state index contributed by atoms with van der Waals surface area (Å²) in [6.45, 7) is 2.07. The number of nitrogens with one attached hydrogen (secondary N) is 1. The Balaban J connectivity index is 1.42. The summed E-state index contributed by atoms with van der Waals surface area (Å²) in [5.74, 6) is 0.259. The predicted molar refractivity (Wildman–Crippen MR) is 145 cm³/mol. The molecule has 1 aliphatic carbocycles. The number of pyridine rings is 1. The smallest absolute Gasteiger partial charge is 0.396 e. The SMILES string of the molecule is Nc1ccc(-c2cccc(C(F)(F)F)c2)nc1N(C(=O)Nc1ccc(N2CCCCC2)cc1)C1CCCC1. The van der Waals surface area contributed by atoms with Gasteiger partial charge in [0.15, 0.2) is 5.82 Å². The van der Waals surface area contributed by atoms with Gasteiger partial charge in [0, 0.05) is 36.1 Å². The summed E-state index contributed by atoms with van der Waals surface area (Å²) in [6.07, 6.45) is 2.72. The molecule has 9 heteroatoms. The van der Waals surface area contributed by atoms with Crippen LogP contribution in [-0.4, -0.2) is 30.1 Å². The van der Waals surface area contributed by atoms with Crippen LogP contribution < -0.4 is 20.9 Å². The molecule has 0 atom stereocenters. The van der Waals surface area contributed by atoms with Gasteiger partial charge >= 0.3 is 12.2 Å². The molecule has 0 spiro atoms. The summed E-state index contributed by atoms with van der Waals surface area (Å²) in [4.78, 5) is 22.2. The lowest BCUT2D eigenvalue weighted by molar-refractivity contribution is -0.137. The third kappa shape index (κ3) is 5.71. The van der Waals surface area contributed by atoms with E-state index in [1.807, 2.05) is 24.3 Å². The van der Waals surface area contributed by atoms with Crippen LogP contribution in [-0.2, 0) is 6.18 Å². The number of piperidine rings is 1. The molecule has 0 unspecified atom stereocenters. The van der Waals surface area contributed by atoms with Crippen molar-refractivity contribution < 1.29 is 18.0 Å². The molecular formula is C29H32F3N5O. The maximum Gasteiger partial charge on any atom is 0.416 e. The topological polar surface area (TPSA) is 74.5 Å². The number of nitrogen functional groups attached to an aromatic ring is 1. The molecule has 2 amide bonds. The quantitative estimate of drug-likeness (QED) is 0.367. The Kier molecular flexibility index (Phi) is 7.44. The van der Waals surface area contributed by atoms with E-state index in [1.165, 1.54) is 25.3 Å². The molecule has 2 heterocycles. The first-order valence-corrected chi connectivity index (χ1v) is 13.2. The molecule has 5 rings (SSSR count). The summed E-state index contributed by atoms with van der Waals surface area (Å²) in [5, 5.41) is 2.99. The lowest BCUT2D eigenvalue weighted by Gasteiger charge is -2.30. The first kappa shape index (κ1) is 25.9. The molecule has 3 aromatic rings. The maximum atomic E-state index is 13.6. The molecule has 2 aliphatic rings. The summed E-state index contributed by atoms with van der Waals surface area (Å²) in [6, 6.07) is 15.5. The minimum atomic E-state index is -4.47. The van der Waals surface area contributed by atoms with E-state index in [-0.39, 0.29) is 17.9 Å². The summed E-state index contributed by atoms with van der Waals surface area (Å²) in [5.41, 5.74) is 8.26. The fourth-order valence-corrected chi connectivity index (χ4v) is 5.36. The van der Waals surface area contributed by atoms with Gasteiger partial charge in [0.05, 0.1) is 16.9 Å². The Morgan fingerprint density at radius 1 is 0.947 bits per heavy atom. The van der Waals surface area contributed by atoms with E-state index in [2.05, 4.69) is 15.2 Å². The first-order valence-electron chi connectivity index (χ1n) is 13.2. The number of amides is 2. The van der Waals surface area contributed by atoms with E-state index in [0.29, 0.717) is 22.6 Å². The van der Waals surface area contributed by atoms with Crippen LogP contribution in [0.1, 0.15) is 50.5 Å². The number of hydrogen-bond donors (Lipinski definition) is 2. The second-order valence-electron chi connectivity index (χ2n) is 10.0. The number of benzene rings is 2. The number of alkyl halides is 3. The Hall–Kier alpha value is -3.75. The first-order chi connectivity index (χ1) is 18.3. The van der Waals surface area contributed by atoms with Crippen molar-refractivity contribution in [2.75, 3.05) is 33.9 Å². The van der Waals surface area contributed by atoms with E-state index in [4.69, 9.17) is 5.73 Å². The molecule has 1 saturated carbocycles. The van der Waals surface area contributed by atoms with E-state index < -0.39 is 11.7 Å². The van der Waals surface area contributed by atoms with E-state index in [0.717, 1.165) is 56.6 Å². The number of carbonyl (C=O) groups excluding carboxylic acids is 1. The zero-order valence-electron chi connectivity index (χ0n) is 21.2. The third-order valence-electron chi connectivity index (χ3n) is 7.37. The van der Waals surface area contributed by atoms with Crippen molar-refractivity contribution in [2.24, 2.45) is 0 Å². The Morgan fingerprint density at radius 2 is 1.66 bits per heavy atom. The van der Waals surface area contributed by atoms with Gasteiger partial charge in [0.25, 0.3) is 0 Å². The molecule has 6 nitrogen and oxygen atoms in total. The third-order valence-corrected chi connectivity index (χ3v) is 7.37. The van der Waals surface area contributed by atoms with Crippen LogP contribution in [0, 0.1) is 0 Å². The zero-order valence-corrected chi connectivity index (χ0v) is 21.2. The van der Waals surface area contributed by atoms with E-state index >= 15 is 0 Å². The van der Waals surface area contributed by atoms with Gasteiger partial charge in [-0.25, -0.2) is 9.78 Å². The number of halogens is 3. The maximum absolute atomic E-state index is 13.6. The predicted octanol–water partition coefficient (Wildman–Crippen LogP) is 7.32. The second-order valence-corrected chi connectivity index (χ2v) is 10.0. The Bertz CT molecular complexity index is 1270. The number of carbonyl (C=O) groups is 1. The molecule has 38 heavy (non-hydrogen) atoms. The lowest BCUT2D eigenvalue weighted by Crippen LogP contribution is -2.43. The number of nitrogens with zero attached hydrogens (tertiary/aromatic N) is 3. The molecule has 1 saturated heterocycles. The zero-order chi connectivity index (χ0) is 26.7. The van der Waals surface area contributed by atoms with E-state index in [9.17, 15) is 18.0 Å². The number of hydrogen-bond acceptors (Lipinski definition) is 4. The van der Waals surface area contributed by atoms with Crippen LogP contribution in [0.15, 0.2) is 60.7 Å². The van der Waals surface area contributed by atoms with Crippen molar-refractivity contribution in [3.05, 3.63) is 66.2 Å². The Morgan fingerprint density at radius 3 is 2.34 bits per heavy atom. The minimum absolute atomic E-state index is 0.103. The number of anilines is 4. The lowest BCUT2D eigenvalue weighted by atomic mass is 10.1. The molecule has 0 bridgehead atoms. The highest BCUT2D eigenvalue weighted by atomic mass is 19.4. The van der Waals surface area contributed by atoms with Gasteiger partial charge in [-0.05, 0) is 80.6 Å². The van der Waals surface area contributed by atoms with Crippen LogP contribution in [0.4, 0.5) is 40.8 Å². The van der Waals surface area contributed by atoms with Crippen molar-refractivity contribution in [1.29, 1.82) is 0 Å². The Labute approximate surface area is 220 Å².